The Hall–Kier alpha value is -1.58. The minimum Gasteiger partial charge on any atom is -0.377 e. The summed E-state index contributed by atoms with van der Waals surface area (Å²) >= 11 is 0. The Kier molecular flexibility index (Phi) is 4.49. The van der Waals surface area contributed by atoms with Gasteiger partial charge in [-0.05, 0) is 43.9 Å². The summed E-state index contributed by atoms with van der Waals surface area (Å²) in [7, 11) is 0. The van der Waals surface area contributed by atoms with Gasteiger partial charge in [0.1, 0.15) is 5.69 Å². The molecule has 0 fully saturated rings. The number of hydrogen-bond acceptors (Lipinski definition) is 3. The molecule has 17 heavy (non-hydrogen) atoms. The molecule has 1 rings (SSSR count). The summed E-state index contributed by atoms with van der Waals surface area (Å²) in [6.07, 6.45) is 1.92. The molecule has 0 aromatic heterocycles. The Morgan fingerprint density at radius 2 is 1.76 bits per heavy atom. The molecule has 1 aromatic rings. The zero-order chi connectivity index (χ0) is 13.0. The number of nitrogens with zero attached hydrogens (tertiary/aromatic N) is 1. The smallest absolute Gasteiger partial charge is 0.292 e. The predicted octanol–water partition coefficient (Wildman–Crippen LogP) is 3.81. The van der Waals surface area contributed by atoms with Gasteiger partial charge in [-0.25, -0.2) is 0 Å². The number of aryl methyl sites for hydroxylation is 2. The van der Waals surface area contributed by atoms with Crippen LogP contribution in [0.1, 0.15) is 37.8 Å². The van der Waals surface area contributed by atoms with Crippen molar-refractivity contribution < 1.29 is 4.92 Å². The first-order valence-corrected chi connectivity index (χ1v) is 6.01. The van der Waals surface area contributed by atoms with Crippen molar-refractivity contribution in [3.63, 3.8) is 0 Å². The number of anilines is 1. The van der Waals surface area contributed by atoms with Crippen molar-refractivity contribution in [1.29, 1.82) is 0 Å². The molecule has 1 N–H and O–H groups in total. The van der Waals surface area contributed by atoms with Crippen LogP contribution >= 0.6 is 0 Å². The first kappa shape index (κ1) is 13.5. The standard InChI is InChI=1S/C13H20N2O2/c1-5-11(6-2)14-12-7-9(3)10(4)8-13(12)15(16)17/h7-8,11,14H,5-6H2,1-4H3. The first-order valence-electron chi connectivity index (χ1n) is 6.01. The third-order valence-corrected chi connectivity index (χ3v) is 3.15. The lowest BCUT2D eigenvalue weighted by molar-refractivity contribution is -0.384. The van der Waals surface area contributed by atoms with E-state index < -0.39 is 0 Å². The highest BCUT2D eigenvalue weighted by Crippen LogP contribution is 2.29. The topological polar surface area (TPSA) is 55.2 Å². The van der Waals surface area contributed by atoms with E-state index in [0.29, 0.717) is 5.69 Å². The molecule has 0 heterocycles. The summed E-state index contributed by atoms with van der Waals surface area (Å²) in [5, 5.41) is 14.3. The van der Waals surface area contributed by atoms with Crippen molar-refractivity contribution in [3.8, 4) is 0 Å². The van der Waals surface area contributed by atoms with Crippen molar-refractivity contribution in [2.45, 2.75) is 46.6 Å². The van der Waals surface area contributed by atoms with Crippen LogP contribution in [0.2, 0.25) is 0 Å². The summed E-state index contributed by atoms with van der Waals surface area (Å²) in [5.74, 6) is 0. The second kappa shape index (κ2) is 5.66. The molecule has 0 bridgehead atoms. The molecular formula is C13H20N2O2. The lowest BCUT2D eigenvalue weighted by Gasteiger charge is -2.17. The molecular weight excluding hydrogens is 216 g/mol. The maximum Gasteiger partial charge on any atom is 0.292 e. The lowest BCUT2D eigenvalue weighted by Crippen LogP contribution is -2.18. The van der Waals surface area contributed by atoms with E-state index in [2.05, 4.69) is 19.2 Å². The molecule has 1 aromatic carbocycles. The van der Waals surface area contributed by atoms with Gasteiger partial charge in [0.15, 0.2) is 0 Å². The van der Waals surface area contributed by atoms with Crippen LogP contribution in [0, 0.1) is 24.0 Å². The molecule has 0 unspecified atom stereocenters. The van der Waals surface area contributed by atoms with Crippen molar-refractivity contribution in [1.82, 2.24) is 0 Å². The van der Waals surface area contributed by atoms with Gasteiger partial charge in [0.25, 0.3) is 5.69 Å². The minimum atomic E-state index is -0.322. The Labute approximate surface area is 102 Å². The Bertz CT molecular complexity index is 412. The van der Waals surface area contributed by atoms with Crippen LogP contribution in [-0.4, -0.2) is 11.0 Å². The average molecular weight is 236 g/mol. The molecule has 0 atom stereocenters. The van der Waals surface area contributed by atoms with Crippen molar-refractivity contribution >= 4 is 11.4 Å². The third-order valence-electron chi connectivity index (χ3n) is 3.15. The fourth-order valence-corrected chi connectivity index (χ4v) is 1.78. The molecule has 4 nitrogen and oxygen atoms in total. The van der Waals surface area contributed by atoms with Gasteiger partial charge in [0, 0.05) is 12.1 Å². The van der Waals surface area contributed by atoms with Crippen LogP contribution in [0.5, 0.6) is 0 Å². The van der Waals surface area contributed by atoms with E-state index in [1.807, 2.05) is 19.9 Å². The highest BCUT2D eigenvalue weighted by molar-refractivity contribution is 5.64. The van der Waals surface area contributed by atoms with Gasteiger partial charge in [-0.3, -0.25) is 10.1 Å². The molecule has 0 aliphatic heterocycles. The van der Waals surface area contributed by atoms with Crippen LogP contribution in [0.3, 0.4) is 0 Å². The minimum absolute atomic E-state index is 0.167. The van der Waals surface area contributed by atoms with Gasteiger partial charge in [-0.15, -0.1) is 0 Å². The zero-order valence-electron chi connectivity index (χ0n) is 10.9. The monoisotopic (exact) mass is 236 g/mol. The number of nitro groups is 1. The summed E-state index contributed by atoms with van der Waals surface area (Å²) in [6.45, 7) is 8.02. The number of nitro benzene ring substituents is 1. The molecule has 0 spiro atoms. The second-order valence-electron chi connectivity index (χ2n) is 4.37. The summed E-state index contributed by atoms with van der Waals surface area (Å²) < 4.78 is 0. The average Bonchev–Trinajstić information content (AvgIpc) is 2.29. The quantitative estimate of drug-likeness (QED) is 0.624. The summed E-state index contributed by atoms with van der Waals surface area (Å²) in [4.78, 5) is 10.7. The van der Waals surface area contributed by atoms with Crippen LogP contribution in [-0.2, 0) is 0 Å². The van der Waals surface area contributed by atoms with Crippen LogP contribution in [0.25, 0.3) is 0 Å². The molecule has 0 amide bonds. The van der Waals surface area contributed by atoms with Crippen molar-refractivity contribution in [3.05, 3.63) is 33.4 Å². The van der Waals surface area contributed by atoms with Gasteiger partial charge in [0.2, 0.25) is 0 Å². The molecule has 94 valence electrons. The second-order valence-corrected chi connectivity index (χ2v) is 4.37. The van der Waals surface area contributed by atoms with Gasteiger partial charge >= 0.3 is 0 Å². The largest absolute Gasteiger partial charge is 0.377 e. The third kappa shape index (κ3) is 3.19. The van der Waals surface area contributed by atoms with E-state index in [4.69, 9.17) is 0 Å². The molecule has 4 heteroatoms. The van der Waals surface area contributed by atoms with Crippen LogP contribution in [0.4, 0.5) is 11.4 Å². The highest BCUT2D eigenvalue weighted by atomic mass is 16.6. The maximum absolute atomic E-state index is 11.0. The molecule has 0 aliphatic rings. The van der Waals surface area contributed by atoms with E-state index in [1.54, 1.807) is 6.07 Å². The summed E-state index contributed by atoms with van der Waals surface area (Å²) in [6, 6.07) is 3.79. The van der Waals surface area contributed by atoms with E-state index in [0.717, 1.165) is 24.0 Å². The van der Waals surface area contributed by atoms with Gasteiger partial charge in [-0.1, -0.05) is 13.8 Å². The van der Waals surface area contributed by atoms with Crippen molar-refractivity contribution in [2.24, 2.45) is 0 Å². The van der Waals surface area contributed by atoms with Gasteiger partial charge < -0.3 is 5.32 Å². The summed E-state index contributed by atoms with van der Waals surface area (Å²) in [5.41, 5.74) is 2.82. The Balaban J connectivity index is 3.12. The maximum atomic E-state index is 11.0. The van der Waals surface area contributed by atoms with E-state index in [1.165, 1.54) is 0 Å². The molecule has 0 saturated heterocycles. The number of hydrogen-bond donors (Lipinski definition) is 1. The van der Waals surface area contributed by atoms with Gasteiger partial charge in [-0.2, -0.15) is 0 Å². The zero-order valence-corrected chi connectivity index (χ0v) is 10.9. The SMILES string of the molecule is CCC(CC)Nc1cc(C)c(C)cc1[N+](=O)[O-]. The van der Waals surface area contributed by atoms with Gasteiger partial charge in [0.05, 0.1) is 4.92 Å². The van der Waals surface area contributed by atoms with Crippen LogP contribution < -0.4 is 5.32 Å². The Morgan fingerprint density at radius 1 is 1.24 bits per heavy atom. The molecule has 0 aliphatic carbocycles. The van der Waals surface area contributed by atoms with E-state index in [9.17, 15) is 10.1 Å². The molecule has 0 saturated carbocycles. The normalized spacial score (nSPS) is 10.6. The fraction of sp³-hybridized carbons (Fsp3) is 0.538. The van der Waals surface area contributed by atoms with E-state index in [-0.39, 0.29) is 16.7 Å². The first-order chi connectivity index (χ1) is 7.99. The van der Waals surface area contributed by atoms with Crippen LogP contribution in [0.15, 0.2) is 12.1 Å². The fourth-order valence-electron chi connectivity index (χ4n) is 1.78. The highest BCUT2D eigenvalue weighted by Gasteiger charge is 2.17. The van der Waals surface area contributed by atoms with Crippen molar-refractivity contribution in [2.75, 3.05) is 5.32 Å². The Morgan fingerprint density at radius 3 is 2.24 bits per heavy atom. The number of nitrogens with one attached hydrogen (secondary N) is 1. The lowest BCUT2D eigenvalue weighted by atomic mass is 10.1. The molecule has 0 radical (unpaired) electrons. The van der Waals surface area contributed by atoms with E-state index >= 15 is 0 Å². The number of rotatable bonds is 5. The number of benzene rings is 1. The predicted molar refractivity (Wildman–Crippen MR) is 70.6 cm³/mol.